The lowest BCUT2D eigenvalue weighted by Crippen LogP contribution is -2.16. The average molecular weight is 224 g/mol. The Balaban J connectivity index is 2.58. The van der Waals surface area contributed by atoms with Crippen LogP contribution in [0.3, 0.4) is 0 Å². The summed E-state index contributed by atoms with van der Waals surface area (Å²) >= 11 is 0. The van der Waals surface area contributed by atoms with E-state index in [1.807, 2.05) is 14.1 Å². The SMILES string of the molecule is CCCCCNc1nc(N)nc(N(C)C)n1. The highest BCUT2D eigenvalue weighted by molar-refractivity contribution is 5.40. The third-order valence-electron chi connectivity index (χ3n) is 2.10. The maximum atomic E-state index is 5.60. The summed E-state index contributed by atoms with van der Waals surface area (Å²) in [5.74, 6) is 1.37. The molecule has 1 aromatic heterocycles. The van der Waals surface area contributed by atoms with Gasteiger partial charge in [0.1, 0.15) is 0 Å². The zero-order chi connectivity index (χ0) is 12.0. The van der Waals surface area contributed by atoms with E-state index in [1.54, 1.807) is 4.90 Å². The zero-order valence-electron chi connectivity index (χ0n) is 10.2. The first-order chi connectivity index (χ1) is 7.63. The number of hydrogen-bond acceptors (Lipinski definition) is 6. The van der Waals surface area contributed by atoms with Crippen LogP contribution in [0.4, 0.5) is 17.8 Å². The third-order valence-corrected chi connectivity index (χ3v) is 2.10. The minimum Gasteiger partial charge on any atom is -0.368 e. The molecule has 0 saturated carbocycles. The quantitative estimate of drug-likeness (QED) is 0.705. The van der Waals surface area contributed by atoms with Gasteiger partial charge in [-0.15, -0.1) is 0 Å². The van der Waals surface area contributed by atoms with E-state index in [0.29, 0.717) is 11.9 Å². The molecule has 90 valence electrons. The molecule has 0 aliphatic rings. The Morgan fingerprint density at radius 3 is 2.56 bits per heavy atom. The molecule has 0 saturated heterocycles. The fourth-order valence-electron chi connectivity index (χ4n) is 1.23. The molecule has 16 heavy (non-hydrogen) atoms. The van der Waals surface area contributed by atoms with Crippen LogP contribution < -0.4 is 16.0 Å². The van der Waals surface area contributed by atoms with E-state index in [0.717, 1.165) is 13.0 Å². The zero-order valence-corrected chi connectivity index (χ0v) is 10.2. The first kappa shape index (κ1) is 12.5. The van der Waals surface area contributed by atoms with Crippen molar-refractivity contribution in [1.29, 1.82) is 0 Å². The number of anilines is 3. The number of rotatable bonds is 6. The van der Waals surface area contributed by atoms with Gasteiger partial charge in [-0.05, 0) is 6.42 Å². The molecule has 0 spiro atoms. The summed E-state index contributed by atoms with van der Waals surface area (Å²) < 4.78 is 0. The topological polar surface area (TPSA) is 80.0 Å². The third kappa shape index (κ3) is 3.88. The molecule has 0 amide bonds. The van der Waals surface area contributed by atoms with E-state index < -0.39 is 0 Å². The van der Waals surface area contributed by atoms with Gasteiger partial charge < -0.3 is 16.0 Å². The summed E-state index contributed by atoms with van der Waals surface area (Å²) in [6, 6.07) is 0. The number of nitrogen functional groups attached to an aromatic ring is 1. The minimum absolute atomic E-state index is 0.247. The van der Waals surface area contributed by atoms with Crippen molar-refractivity contribution in [1.82, 2.24) is 15.0 Å². The number of unbranched alkanes of at least 4 members (excludes halogenated alkanes) is 2. The van der Waals surface area contributed by atoms with Gasteiger partial charge >= 0.3 is 0 Å². The van der Waals surface area contributed by atoms with Gasteiger partial charge in [0.2, 0.25) is 17.8 Å². The van der Waals surface area contributed by atoms with Crippen molar-refractivity contribution in [2.45, 2.75) is 26.2 Å². The molecule has 0 radical (unpaired) electrons. The van der Waals surface area contributed by atoms with Crippen LogP contribution in [-0.2, 0) is 0 Å². The maximum absolute atomic E-state index is 5.60. The molecule has 1 heterocycles. The van der Waals surface area contributed by atoms with Crippen LogP contribution in [0.5, 0.6) is 0 Å². The van der Waals surface area contributed by atoms with Crippen molar-refractivity contribution in [3.63, 3.8) is 0 Å². The van der Waals surface area contributed by atoms with Crippen LogP contribution >= 0.6 is 0 Å². The van der Waals surface area contributed by atoms with Gasteiger partial charge in [-0.3, -0.25) is 0 Å². The molecular formula is C10H20N6. The Morgan fingerprint density at radius 2 is 1.94 bits per heavy atom. The van der Waals surface area contributed by atoms with Crippen LogP contribution in [0.1, 0.15) is 26.2 Å². The molecule has 0 atom stereocenters. The maximum Gasteiger partial charge on any atom is 0.231 e. The highest BCUT2D eigenvalue weighted by atomic mass is 15.3. The van der Waals surface area contributed by atoms with Crippen LogP contribution in [0, 0.1) is 0 Å². The van der Waals surface area contributed by atoms with Gasteiger partial charge in [0.25, 0.3) is 0 Å². The fraction of sp³-hybridized carbons (Fsp3) is 0.700. The lowest BCUT2D eigenvalue weighted by atomic mass is 10.2. The standard InChI is InChI=1S/C10H20N6/c1-4-5-6-7-12-9-13-8(11)14-10(15-9)16(2)3/h4-7H2,1-3H3,(H3,11,12,13,14,15). The van der Waals surface area contributed by atoms with Crippen molar-refractivity contribution >= 4 is 17.8 Å². The number of nitrogens with zero attached hydrogens (tertiary/aromatic N) is 4. The number of nitrogens with one attached hydrogen (secondary N) is 1. The summed E-state index contributed by atoms with van der Waals surface area (Å²) in [4.78, 5) is 14.1. The molecule has 3 N–H and O–H groups in total. The molecule has 0 fully saturated rings. The Bertz CT molecular complexity index is 325. The van der Waals surface area contributed by atoms with Crippen LogP contribution in [-0.4, -0.2) is 35.6 Å². The largest absolute Gasteiger partial charge is 0.368 e. The fourth-order valence-corrected chi connectivity index (χ4v) is 1.23. The number of nitrogens with two attached hydrogens (primary N) is 1. The number of aromatic nitrogens is 3. The Labute approximate surface area is 96.3 Å². The molecule has 0 aliphatic carbocycles. The molecule has 1 aromatic rings. The molecule has 6 nitrogen and oxygen atoms in total. The van der Waals surface area contributed by atoms with E-state index in [9.17, 15) is 0 Å². The lowest BCUT2D eigenvalue weighted by molar-refractivity contribution is 0.739. The van der Waals surface area contributed by atoms with Crippen LogP contribution in [0.15, 0.2) is 0 Å². The van der Waals surface area contributed by atoms with Crippen molar-refractivity contribution in [2.24, 2.45) is 0 Å². The van der Waals surface area contributed by atoms with Crippen LogP contribution in [0.25, 0.3) is 0 Å². The van der Waals surface area contributed by atoms with Crippen molar-refractivity contribution in [3.05, 3.63) is 0 Å². The molecule has 6 heteroatoms. The molecule has 0 aromatic carbocycles. The second-order valence-corrected chi connectivity index (χ2v) is 3.85. The van der Waals surface area contributed by atoms with E-state index in [4.69, 9.17) is 5.73 Å². The van der Waals surface area contributed by atoms with Gasteiger partial charge in [-0.1, -0.05) is 19.8 Å². The van der Waals surface area contributed by atoms with E-state index in [2.05, 4.69) is 27.2 Å². The molecule has 0 unspecified atom stereocenters. The summed E-state index contributed by atoms with van der Waals surface area (Å²) in [6.07, 6.45) is 3.51. The monoisotopic (exact) mass is 224 g/mol. The summed E-state index contributed by atoms with van der Waals surface area (Å²) in [7, 11) is 3.74. The Morgan fingerprint density at radius 1 is 1.19 bits per heavy atom. The van der Waals surface area contributed by atoms with E-state index in [1.165, 1.54) is 12.8 Å². The molecule has 0 aliphatic heterocycles. The Kier molecular flexibility index (Phi) is 4.75. The molecule has 1 rings (SSSR count). The predicted octanol–water partition coefficient (Wildman–Crippen LogP) is 1.12. The van der Waals surface area contributed by atoms with Crippen molar-refractivity contribution in [2.75, 3.05) is 36.6 Å². The first-order valence-corrected chi connectivity index (χ1v) is 5.56. The Hall–Kier alpha value is -1.59. The van der Waals surface area contributed by atoms with E-state index in [-0.39, 0.29) is 5.95 Å². The predicted molar refractivity (Wildman–Crippen MR) is 66.6 cm³/mol. The second kappa shape index (κ2) is 6.09. The first-order valence-electron chi connectivity index (χ1n) is 5.56. The van der Waals surface area contributed by atoms with Gasteiger partial charge in [0.15, 0.2) is 0 Å². The molecule has 0 bridgehead atoms. The normalized spacial score (nSPS) is 10.2. The van der Waals surface area contributed by atoms with Crippen LogP contribution in [0.2, 0.25) is 0 Å². The lowest BCUT2D eigenvalue weighted by Gasteiger charge is -2.11. The summed E-state index contributed by atoms with van der Waals surface area (Å²) in [5.41, 5.74) is 5.60. The smallest absolute Gasteiger partial charge is 0.231 e. The number of hydrogen-bond donors (Lipinski definition) is 2. The highest BCUT2D eigenvalue weighted by Crippen LogP contribution is 2.09. The summed E-state index contributed by atoms with van der Waals surface area (Å²) in [6.45, 7) is 3.04. The second-order valence-electron chi connectivity index (χ2n) is 3.85. The van der Waals surface area contributed by atoms with Crippen molar-refractivity contribution in [3.8, 4) is 0 Å². The van der Waals surface area contributed by atoms with Gasteiger partial charge in [0, 0.05) is 20.6 Å². The minimum atomic E-state index is 0.247. The van der Waals surface area contributed by atoms with Gasteiger partial charge in [-0.25, -0.2) is 0 Å². The molecular weight excluding hydrogens is 204 g/mol. The summed E-state index contributed by atoms with van der Waals surface area (Å²) in [5, 5.41) is 3.15. The van der Waals surface area contributed by atoms with E-state index >= 15 is 0 Å². The van der Waals surface area contributed by atoms with Gasteiger partial charge in [0.05, 0.1) is 0 Å². The average Bonchev–Trinajstić information content (AvgIpc) is 2.23. The highest BCUT2D eigenvalue weighted by Gasteiger charge is 2.04. The van der Waals surface area contributed by atoms with Crippen molar-refractivity contribution < 1.29 is 0 Å². The van der Waals surface area contributed by atoms with Gasteiger partial charge in [-0.2, -0.15) is 15.0 Å².